The maximum absolute atomic E-state index is 11.6. The van der Waals surface area contributed by atoms with Crippen LogP contribution in [-0.4, -0.2) is 36.1 Å². The van der Waals surface area contributed by atoms with Gasteiger partial charge in [0.15, 0.2) is 0 Å². The molecular weight excluding hydrogens is 284 g/mol. The Labute approximate surface area is 118 Å². The summed E-state index contributed by atoms with van der Waals surface area (Å²) < 4.78 is 14.5. The number of aryl methyl sites for hydroxylation is 2. The van der Waals surface area contributed by atoms with Crippen molar-refractivity contribution >= 4 is 23.3 Å². The Bertz CT molecular complexity index is 640. The van der Waals surface area contributed by atoms with Crippen molar-refractivity contribution in [2.45, 2.75) is 13.8 Å². The molecule has 0 aliphatic heterocycles. The standard InChI is InChI=1S/C12H12N2O5S/c1-5-9(20-6(2)13-5)10-14-7(11(15)17-3)8(19-10)12(16)18-4/h1-4H3. The van der Waals surface area contributed by atoms with E-state index in [0.717, 1.165) is 5.01 Å². The summed E-state index contributed by atoms with van der Waals surface area (Å²) in [5, 5.41) is 0.829. The highest BCUT2D eigenvalue weighted by Gasteiger charge is 2.28. The van der Waals surface area contributed by atoms with Crippen LogP contribution in [-0.2, 0) is 9.47 Å². The Balaban J connectivity index is 2.57. The van der Waals surface area contributed by atoms with E-state index >= 15 is 0 Å². The molecule has 0 spiro atoms. The Morgan fingerprint density at radius 1 is 1.10 bits per heavy atom. The second kappa shape index (κ2) is 5.41. The molecule has 2 heterocycles. The monoisotopic (exact) mass is 296 g/mol. The molecule has 0 radical (unpaired) electrons. The lowest BCUT2D eigenvalue weighted by atomic mass is 10.3. The predicted molar refractivity (Wildman–Crippen MR) is 69.8 cm³/mol. The van der Waals surface area contributed by atoms with E-state index in [9.17, 15) is 9.59 Å². The molecule has 0 aliphatic carbocycles. The molecule has 2 aromatic heterocycles. The van der Waals surface area contributed by atoms with E-state index in [0.29, 0.717) is 10.6 Å². The van der Waals surface area contributed by atoms with Crippen LogP contribution in [0.5, 0.6) is 0 Å². The first-order chi connectivity index (χ1) is 9.47. The fraction of sp³-hybridized carbons (Fsp3) is 0.333. The van der Waals surface area contributed by atoms with Crippen molar-refractivity contribution in [1.29, 1.82) is 0 Å². The summed E-state index contributed by atoms with van der Waals surface area (Å²) in [6.07, 6.45) is 0. The number of ether oxygens (including phenoxy) is 2. The molecule has 0 saturated carbocycles. The molecule has 0 N–H and O–H groups in total. The predicted octanol–water partition coefficient (Wildman–Crippen LogP) is 1.99. The fourth-order valence-electron chi connectivity index (χ4n) is 1.61. The van der Waals surface area contributed by atoms with Crippen molar-refractivity contribution in [3.63, 3.8) is 0 Å². The quantitative estimate of drug-likeness (QED) is 0.800. The number of esters is 2. The van der Waals surface area contributed by atoms with Gasteiger partial charge in [-0.3, -0.25) is 0 Å². The summed E-state index contributed by atoms with van der Waals surface area (Å²) in [5.41, 5.74) is 0.501. The van der Waals surface area contributed by atoms with Gasteiger partial charge < -0.3 is 13.9 Å². The molecule has 0 atom stereocenters. The number of carbonyl (C=O) groups excluding carboxylic acids is 2. The third-order valence-electron chi connectivity index (χ3n) is 2.47. The highest BCUT2D eigenvalue weighted by molar-refractivity contribution is 7.15. The van der Waals surface area contributed by atoms with Crippen LogP contribution in [0.3, 0.4) is 0 Å². The zero-order valence-electron chi connectivity index (χ0n) is 11.3. The van der Waals surface area contributed by atoms with Gasteiger partial charge in [0.2, 0.25) is 17.3 Å². The van der Waals surface area contributed by atoms with Crippen molar-refractivity contribution in [2.75, 3.05) is 14.2 Å². The summed E-state index contributed by atoms with van der Waals surface area (Å²) in [5.74, 6) is -1.68. The van der Waals surface area contributed by atoms with Crippen LogP contribution in [0, 0.1) is 13.8 Å². The number of methoxy groups -OCH3 is 2. The van der Waals surface area contributed by atoms with Gasteiger partial charge in [-0.1, -0.05) is 0 Å². The van der Waals surface area contributed by atoms with Gasteiger partial charge in [-0.05, 0) is 13.8 Å². The molecule has 2 aromatic rings. The molecule has 106 valence electrons. The highest BCUT2D eigenvalue weighted by atomic mass is 32.1. The van der Waals surface area contributed by atoms with Gasteiger partial charge in [-0.2, -0.15) is 0 Å². The van der Waals surface area contributed by atoms with Gasteiger partial charge in [0, 0.05) is 0 Å². The zero-order valence-corrected chi connectivity index (χ0v) is 12.2. The minimum absolute atomic E-state index is 0.147. The van der Waals surface area contributed by atoms with Crippen LogP contribution in [0.1, 0.15) is 31.7 Å². The fourth-order valence-corrected chi connectivity index (χ4v) is 2.46. The number of hydrogen-bond donors (Lipinski definition) is 0. The molecule has 0 unspecified atom stereocenters. The topological polar surface area (TPSA) is 91.5 Å². The van der Waals surface area contributed by atoms with E-state index in [4.69, 9.17) is 4.42 Å². The number of hydrogen-bond acceptors (Lipinski definition) is 8. The number of aromatic nitrogens is 2. The second-order valence-electron chi connectivity index (χ2n) is 3.83. The SMILES string of the molecule is COC(=O)c1nc(-c2sc(C)nc2C)oc1C(=O)OC. The van der Waals surface area contributed by atoms with E-state index in [1.165, 1.54) is 25.6 Å². The Hall–Kier alpha value is -2.22. The van der Waals surface area contributed by atoms with Gasteiger partial charge >= 0.3 is 11.9 Å². The molecule has 0 fully saturated rings. The Morgan fingerprint density at radius 2 is 1.75 bits per heavy atom. The number of rotatable bonds is 3. The van der Waals surface area contributed by atoms with Gasteiger partial charge in [-0.15, -0.1) is 11.3 Å². The molecular formula is C12H12N2O5S. The smallest absolute Gasteiger partial charge is 0.376 e. The normalized spacial score (nSPS) is 10.4. The van der Waals surface area contributed by atoms with Crippen LogP contribution in [0.15, 0.2) is 4.42 Å². The zero-order chi connectivity index (χ0) is 14.9. The van der Waals surface area contributed by atoms with Crippen LogP contribution in [0.2, 0.25) is 0 Å². The van der Waals surface area contributed by atoms with E-state index in [1.807, 2.05) is 6.92 Å². The third kappa shape index (κ3) is 2.42. The van der Waals surface area contributed by atoms with Crippen molar-refractivity contribution in [1.82, 2.24) is 9.97 Å². The van der Waals surface area contributed by atoms with Gasteiger partial charge in [-0.25, -0.2) is 19.6 Å². The Kier molecular flexibility index (Phi) is 3.84. The minimum Gasteiger partial charge on any atom is -0.464 e. The molecule has 0 bridgehead atoms. The van der Waals surface area contributed by atoms with Crippen molar-refractivity contribution in [3.8, 4) is 10.8 Å². The summed E-state index contributed by atoms with van der Waals surface area (Å²) in [6, 6.07) is 0. The van der Waals surface area contributed by atoms with Crippen LogP contribution >= 0.6 is 11.3 Å². The molecule has 20 heavy (non-hydrogen) atoms. The van der Waals surface area contributed by atoms with Crippen LogP contribution < -0.4 is 0 Å². The first kappa shape index (κ1) is 14.2. The lowest BCUT2D eigenvalue weighted by Gasteiger charge is -1.96. The summed E-state index contributed by atoms with van der Waals surface area (Å²) in [7, 11) is 2.38. The number of carbonyl (C=O) groups is 2. The van der Waals surface area contributed by atoms with E-state index in [1.54, 1.807) is 6.92 Å². The van der Waals surface area contributed by atoms with E-state index in [2.05, 4.69) is 19.4 Å². The molecule has 0 aromatic carbocycles. The molecule has 0 amide bonds. The van der Waals surface area contributed by atoms with Crippen LogP contribution in [0.25, 0.3) is 10.8 Å². The lowest BCUT2D eigenvalue weighted by molar-refractivity contribution is 0.0527. The highest BCUT2D eigenvalue weighted by Crippen LogP contribution is 2.30. The number of oxazole rings is 1. The van der Waals surface area contributed by atoms with Crippen molar-refractivity contribution in [3.05, 3.63) is 22.2 Å². The van der Waals surface area contributed by atoms with Gasteiger partial charge in [0.25, 0.3) is 0 Å². The van der Waals surface area contributed by atoms with Crippen LogP contribution in [0.4, 0.5) is 0 Å². The molecule has 0 saturated heterocycles. The second-order valence-corrected chi connectivity index (χ2v) is 5.03. The van der Waals surface area contributed by atoms with E-state index < -0.39 is 11.9 Å². The van der Waals surface area contributed by atoms with Crippen molar-refractivity contribution < 1.29 is 23.5 Å². The minimum atomic E-state index is -0.789. The van der Waals surface area contributed by atoms with Gasteiger partial charge in [0.05, 0.1) is 24.9 Å². The van der Waals surface area contributed by atoms with Gasteiger partial charge in [0.1, 0.15) is 4.88 Å². The molecule has 0 aliphatic rings. The Morgan fingerprint density at radius 3 is 2.25 bits per heavy atom. The summed E-state index contributed by atoms with van der Waals surface area (Å²) in [6.45, 7) is 3.63. The first-order valence-corrected chi connectivity index (χ1v) is 6.41. The maximum Gasteiger partial charge on any atom is 0.376 e. The number of thiazole rings is 1. The maximum atomic E-state index is 11.6. The molecule has 2 rings (SSSR count). The number of nitrogens with zero attached hydrogens (tertiary/aromatic N) is 2. The summed E-state index contributed by atoms with van der Waals surface area (Å²) in [4.78, 5) is 32.2. The lowest BCUT2D eigenvalue weighted by Crippen LogP contribution is -2.10. The summed E-state index contributed by atoms with van der Waals surface area (Å²) >= 11 is 1.36. The molecule has 7 nitrogen and oxygen atoms in total. The first-order valence-electron chi connectivity index (χ1n) is 5.59. The van der Waals surface area contributed by atoms with Crippen molar-refractivity contribution in [2.24, 2.45) is 0 Å². The largest absolute Gasteiger partial charge is 0.464 e. The third-order valence-corrected chi connectivity index (χ3v) is 3.54. The van der Waals surface area contributed by atoms with E-state index in [-0.39, 0.29) is 17.3 Å². The molecule has 8 heteroatoms. The average molecular weight is 296 g/mol. The average Bonchev–Trinajstić information content (AvgIpc) is 3.00.